The van der Waals surface area contributed by atoms with Gasteiger partial charge in [0, 0.05) is 25.3 Å². The van der Waals surface area contributed by atoms with Crippen LogP contribution in [0.4, 0.5) is 11.4 Å². The first-order valence-corrected chi connectivity index (χ1v) is 11.7. The third-order valence-corrected chi connectivity index (χ3v) is 5.70. The molecule has 2 rings (SSSR count). The zero-order chi connectivity index (χ0) is 24.1. The van der Waals surface area contributed by atoms with Crippen LogP contribution in [0.2, 0.25) is 5.02 Å². The second-order valence-corrected chi connectivity index (χ2v) is 9.29. The van der Waals surface area contributed by atoms with Crippen molar-refractivity contribution in [3.63, 3.8) is 0 Å². The highest BCUT2D eigenvalue weighted by molar-refractivity contribution is 7.92. The number of ether oxygens (including phenoxy) is 1. The Bertz CT molecular complexity index is 1120. The Labute approximate surface area is 192 Å². The number of benzene rings is 2. The molecule has 2 amide bonds. The lowest BCUT2D eigenvalue weighted by Gasteiger charge is -2.22. The fourth-order valence-electron chi connectivity index (χ4n) is 2.73. The van der Waals surface area contributed by atoms with E-state index in [4.69, 9.17) is 16.3 Å². The van der Waals surface area contributed by atoms with E-state index in [1.807, 2.05) is 0 Å². The van der Waals surface area contributed by atoms with Crippen LogP contribution >= 0.6 is 11.6 Å². The molecule has 0 aliphatic rings. The van der Waals surface area contributed by atoms with Gasteiger partial charge < -0.3 is 15.0 Å². The van der Waals surface area contributed by atoms with E-state index in [1.54, 1.807) is 21.0 Å². The summed E-state index contributed by atoms with van der Waals surface area (Å²) < 4.78 is 30.4. The number of halogens is 1. The van der Waals surface area contributed by atoms with Crippen LogP contribution in [0.25, 0.3) is 0 Å². The molecule has 11 heteroatoms. The molecule has 32 heavy (non-hydrogen) atoms. The Kier molecular flexibility index (Phi) is 8.23. The molecule has 2 aromatic carbocycles. The fourth-order valence-corrected chi connectivity index (χ4v) is 3.84. The highest BCUT2D eigenvalue weighted by atomic mass is 35.5. The van der Waals surface area contributed by atoms with E-state index in [0.29, 0.717) is 5.56 Å². The number of anilines is 2. The topological polar surface area (TPSA) is 113 Å². The van der Waals surface area contributed by atoms with Gasteiger partial charge in [-0.2, -0.15) is 0 Å². The molecule has 0 fully saturated rings. The van der Waals surface area contributed by atoms with E-state index in [9.17, 15) is 22.8 Å². The summed E-state index contributed by atoms with van der Waals surface area (Å²) in [5.74, 6) is -1.44. The molecular weight excluding hydrogens is 458 g/mol. The Morgan fingerprint density at radius 3 is 2.19 bits per heavy atom. The Balaban J connectivity index is 2.18. The Morgan fingerprint density at radius 1 is 1.06 bits per heavy atom. The zero-order valence-electron chi connectivity index (χ0n) is 18.1. The van der Waals surface area contributed by atoms with Gasteiger partial charge in [-0.3, -0.25) is 13.9 Å². The van der Waals surface area contributed by atoms with Crippen molar-refractivity contribution in [1.29, 1.82) is 0 Å². The molecule has 0 aromatic heterocycles. The van der Waals surface area contributed by atoms with Gasteiger partial charge in [-0.1, -0.05) is 11.6 Å². The molecule has 0 bridgehead atoms. The average molecular weight is 482 g/mol. The third kappa shape index (κ3) is 6.44. The van der Waals surface area contributed by atoms with Gasteiger partial charge in [0.1, 0.15) is 6.54 Å². The number of carbonyl (C=O) groups is 3. The summed E-state index contributed by atoms with van der Waals surface area (Å²) in [6, 6.07) is 10.1. The fraction of sp³-hybridized carbons (Fsp3) is 0.286. The third-order valence-electron chi connectivity index (χ3n) is 4.24. The maximum atomic E-state index is 12.5. The van der Waals surface area contributed by atoms with E-state index in [-0.39, 0.29) is 34.5 Å². The molecule has 2 aromatic rings. The molecule has 0 heterocycles. The maximum absolute atomic E-state index is 12.5. The van der Waals surface area contributed by atoms with Crippen LogP contribution in [-0.4, -0.2) is 64.6 Å². The number of nitrogens with one attached hydrogen (secondary N) is 1. The molecule has 0 aliphatic carbocycles. The summed E-state index contributed by atoms with van der Waals surface area (Å²) in [4.78, 5) is 37.8. The number of amides is 2. The molecule has 0 aliphatic heterocycles. The van der Waals surface area contributed by atoms with Gasteiger partial charge in [0.15, 0.2) is 0 Å². The van der Waals surface area contributed by atoms with Crippen LogP contribution in [-0.2, 0) is 19.6 Å². The number of nitrogens with zero attached hydrogens (tertiary/aromatic N) is 2. The lowest BCUT2D eigenvalue weighted by Crippen LogP contribution is -2.37. The molecule has 0 radical (unpaired) electrons. The van der Waals surface area contributed by atoms with E-state index < -0.39 is 28.4 Å². The first-order chi connectivity index (χ1) is 14.9. The number of esters is 1. The lowest BCUT2D eigenvalue weighted by atomic mass is 10.2. The van der Waals surface area contributed by atoms with E-state index in [1.165, 1.54) is 47.4 Å². The largest absolute Gasteiger partial charge is 0.462 e. The van der Waals surface area contributed by atoms with Crippen molar-refractivity contribution < 1.29 is 27.5 Å². The quantitative estimate of drug-likeness (QED) is 0.580. The van der Waals surface area contributed by atoms with Gasteiger partial charge in [0.2, 0.25) is 15.9 Å². The minimum atomic E-state index is -3.80. The zero-order valence-corrected chi connectivity index (χ0v) is 19.7. The highest BCUT2D eigenvalue weighted by Crippen LogP contribution is 2.23. The molecule has 1 N–H and O–H groups in total. The van der Waals surface area contributed by atoms with Crippen LogP contribution in [0.1, 0.15) is 27.6 Å². The van der Waals surface area contributed by atoms with Crippen molar-refractivity contribution in [3.05, 3.63) is 58.6 Å². The molecule has 0 saturated carbocycles. The van der Waals surface area contributed by atoms with Crippen molar-refractivity contribution in [1.82, 2.24) is 4.90 Å². The van der Waals surface area contributed by atoms with E-state index in [2.05, 4.69) is 5.32 Å². The molecule has 0 saturated heterocycles. The van der Waals surface area contributed by atoms with Crippen LogP contribution in [0, 0.1) is 0 Å². The highest BCUT2D eigenvalue weighted by Gasteiger charge is 2.22. The average Bonchev–Trinajstić information content (AvgIpc) is 2.71. The summed E-state index contributed by atoms with van der Waals surface area (Å²) in [7, 11) is -0.585. The molecule has 9 nitrogen and oxygen atoms in total. The maximum Gasteiger partial charge on any atom is 0.339 e. The van der Waals surface area contributed by atoms with Crippen LogP contribution in [0.15, 0.2) is 42.5 Å². The van der Waals surface area contributed by atoms with Crippen molar-refractivity contribution in [3.8, 4) is 0 Å². The lowest BCUT2D eigenvalue weighted by molar-refractivity contribution is -0.114. The van der Waals surface area contributed by atoms with Gasteiger partial charge in [-0.05, 0) is 49.4 Å². The second-order valence-electron chi connectivity index (χ2n) is 6.98. The molecule has 172 valence electrons. The summed E-state index contributed by atoms with van der Waals surface area (Å²) in [5, 5.41) is 2.64. The van der Waals surface area contributed by atoms with Crippen molar-refractivity contribution in [2.24, 2.45) is 0 Å². The normalized spacial score (nSPS) is 10.9. The standard InChI is InChI=1S/C21H24ClN3O6S/c1-5-31-21(28)17-11-8-15(12-18(17)22)23-19(26)13-25(32(4,29)30)16-9-6-14(7-10-16)20(27)24(2)3/h6-12H,5,13H2,1-4H3,(H,23,26). The number of carbonyl (C=O) groups excluding carboxylic acids is 3. The predicted octanol–water partition coefficient (Wildman–Crippen LogP) is 2.62. The first kappa shape index (κ1) is 25.2. The second kappa shape index (κ2) is 10.5. The monoisotopic (exact) mass is 481 g/mol. The van der Waals surface area contributed by atoms with Crippen molar-refractivity contribution >= 4 is 50.8 Å². The number of hydrogen-bond donors (Lipinski definition) is 1. The minimum Gasteiger partial charge on any atom is -0.462 e. The molecule has 0 spiro atoms. The summed E-state index contributed by atoms with van der Waals surface area (Å²) >= 11 is 6.09. The number of hydrogen-bond acceptors (Lipinski definition) is 6. The summed E-state index contributed by atoms with van der Waals surface area (Å²) in [5.41, 5.74) is 1.05. The minimum absolute atomic E-state index is 0.0855. The SMILES string of the molecule is CCOC(=O)c1ccc(NC(=O)CN(c2ccc(C(=O)N(C)C)cc2)S(C)(=O)=O)cc1Cl. The van der Waals surface area contributed by atoms with E-state index >= 15 is 0 Å². The molecule has 0 unspecified atom stereocenters. The van der Waals surface area contributed by atoms with Gasteiger partial charge in [-0.15, -0.1) is 0 Å². The number of rotatable bonds is 8. The molecular formula is C21H24ClN3O6S. The van der Waals surface area contributed by atoms with Gasteiger partial charge in [0.25, 0.3) is 5.91 Å². The Hall–Kier alpha value is -3.11. The summed E-state index contributed by atoms with van der Waals surface area (Å²) in [6.45, 7) is 1.36. The predicted molar refractivity (Wildman–Crippen MR) is 123 cm³/mol. The van der Waals surface area contributed by atoms with Gasteiger partial charge in [0.05, 0.1) is 29.1 Å². The van der Waals surface area contributed by atoms with Gasteiger partial charge >= 0.3 is 5.97 Å². The number of sulfonamides is 1. The van der Waals surface area contributed by atoms with E-state index in [0.717, 1.165) is 10.6 Å². The smallest absolute Gasteiger partial charge is 0.339 e. The van der Waals surface area contributed by atoms with Crippen LogP contribution in [0.5, 0.6) is 0 Å². The first-order valence-electron chi connectivity index (χ1n) is 9.50. The Morgan fingerprint density at radius 2 is 1.69 bits per heavy atom. The van der Waals surface area contributed by atoms with Gasteiger partial charge in [-0.25, -0.2) is 13.2 Å². The van der Waals surface area contributed by atoms with Crippen molar-refractivity contribution in [2.75, 3.05) is 43.1 Å². The van der Waals surface area contributed by atoms with Crippen LogP contribution < -0.4 is 9.62 Å². The van der Waals surface area contributed by atoms with Crippen molar-refractivity contribution in [2.45, 2.75) is 6.92 Å². The van der Waals surface area contributed by atoms with Crippen LogP contribution in [0.3, 0.4) is 0 Å². The summed E-state index contributed by atoms with van der Waals surface area (Å²) in [6.07, 6.45) is 0.976. The molecule has 0 atom stereocenters.